The number of aliphatic carboxylic acids is 1. The molecule has 94 valence electrons. The fourth-order valence-corrected chi connectivity index (χ4v) is 1.35. The van der Waals surface area contributed by atoms with E-state index in [1.54, 1.807) is 0 Å². The highest BCUT2D eigenvalue weighted by Gasteiger charge is 2.24. The first-order valence-corrected chi connectivity index (χ1v) is 5.69. The lowest BCUT2D eigenvalue weighted by Crippen LogP contribution is -2.45. The molecule has 3 N–H and O–H groups in total. The quantitative estimate of drug-likeness (QED) is 0.534. The Morgan fingerprint density at radius 1 is 1.38 bits per heavy atom. The number of hydrogen-bond donors (Lipinski definition) is 3. The van der Waals surface area contributed by atoms with Crippen LogP contribution in [0, 0.1) is 5.92 Å². The maximum atomic E-state index is 11.5. The molecule has 0 radical (unpaired) electrons. The van der Waals surface area contributed by atoms with Gasteiger partial charge in [-0.05, 0) is 25.9 Å². The Labute approximate surface area is 96.6 Å². The highest BCUT2D eigenvalue weighted by atomic mass is 16.4. The number of amides is 1. The largest absolute Gasteiger partial charge is 0.480 e. The summed E-state index contributed by atoms with van der Waals surface area (Å²) in [7, 11) is 1.82. The van der Waals surface area contributed by atoms with E-state index >= 15 is 0 Å². The Balaban J connectivity index is 4.09. The molecule has 1 amide bonds. The number of carbonyl (C=O) groups is 2. The van der Waals surface area contributed by atoms with Gasteiger partial charge in [0.05, 0.1) is 0 Å². The summed E-state index contributed by atoms with van der Waals surface area (Å²) in [5.74, 6) is -1.20. The summed E-state index contributed by atoms with van der Waals surface area (Å²) >= 11 is 0. The van der Waals surface area contributed by atoms with E-state index in [1.807, 2.05) is 20.9 Å². The molecule has 2 unspecified atom stereocenters. The molecule has 0 rings (SSSR count). The van der Waals surface area contributed by atoms with E-state index < -0.39 is 12.0 Å². The zero-order chi connectivity index (χ0) is 12.6. The molecule has 0 aliphatic rings. The van der Waals surface area contributed by atoms with Crippen LogP contribution in [0.4, 0.5) is 0 Å². The fourth-order valence-electron chi connectivity index (χ4n) is 1.35. The molecule has 5 nitrogen and oxygen atoms in total. The topological polar surface area (TPSA) is 78.4 Å². The smallest absolute Gasteiger partial charge is 0.326 e. The molecule has 0 heterocycles. The highest BCUT2D eigenvalue weighted by molar-refractivity contribution is 5.83. The zero-order valence-corrected chi connectivity index (χ0v) is 10.2. The number of carbonyl (C=O) groups excluding carboxylic acids is 1. The number of carboxylic acid groups (broad SMARTS) is 1. The molecule has 0 spiro atoms. The summed E-state index contributed by atoms with van der Waals surface area (Å²) in [6, 6.07) is -0.771. The van der Waals surface area contributed by atoms with Crippen LogP contribution < -0.4 is 10.6 Å². The third-order valence-electron chi connectivity index (χ3n) is 2.63. The minimum atomic E-state index is -0.962. The third-order valence-corrected chi connectivity index (χ3v) is 2.63. The van der Waals surface area contributed by atoms with Gasteiger partial charge in [-0.1, -0.05) is 20.3 Å². The molecular formula is C11H22N2O3. The van der Waals surface area contributed by atoms with Crippen molar-refractivity contribution in [1.82, 2.24) is 10.6 Å². The van der Waals surface area contributed by atoms with Crippen molar-refractivity contribution in [1.29, 1.82) is 0 Å². The van der Waals surface area contributed by atoms with E-state index in [-0.39, 0.29) is 11.8 Å². The lowest BCUT2D eigenvalue weighted by molar-refractivity contribution is -0.143. The van der Waals surface area contributed by atoms with Gasteiger partial charge in [0.1, 0.15) is 6.04 Å². The zero-order valence-electron chi connectivity index (χ0n) is 10.2. The molecule has 2 atom stereocenters. The summed E-state index contributed by atoms with van der Waals surface area (Å²) in [6.45, 7) is 4.49. The average molecular weight is 230 g/mol. The molecule has 16 heavy (non-hydrogen) atoms. The predicted molar refractivity (Wildman–Crippen MR) is 62.2 cm³/mol. The van der Waals surface area contributed by atoms with Gasteiger partial charge < -0.3 is 15.7 Å². The van der Waals surface area contributed by atoms with Crippen LogP contribution in [0.1, 0.15) is 33.1 Å². The van der Waals surface area contributed by atoms with Crippen LogP contribution in [0.25, 0.3) is 0 Å². The van der Waals surface area contributed by atoms with Gasteiger partial charge in [-0.2, -0.15) is 0 Å². The van der Waals surface area contributed by atoms with Gasteiger partial charge in [-0.25, -0.2) is 4.79 Å². The molecule has 0 fully saturated rings. The van der Waals surface area contributed by atoms with E-state index in [0.717, 1.165) is 19.4 Å². The SMILES string of the molecule is CCC(C)C(NC(=O)CCCNC)C(=O)O. The Hall–Kier alpha value is -1.10. The minimum absolute atomic E-state index is 0.0502. The van der Waals surface area contributed by atoms with Crippen LogP contribution in [0.3, 0.4) is 0 Å². The van der Waals surface area contributed by atoms with Crippen LogP contribution >= 0.6 is 0 Å². The van der Waals surface area contributed by atoms with Crippen LogP contribution in [0.15, 0.2) is 0 Å². The van der Waals surface area contributed by atoms with Gasteiger partial charge in [0.2, 0.25) is 5.91 Å². The van der Waals surface area contributed by atoms with Crippen LogP contribution in [0.2, 0.25) is 0 Å². The molecule has 0 aromatic carbocycles. The lowest BCUT2D eigenvalue weighted by Gasteiger charge is -2.20. The standard InChI is InChI=1S/C11H22N2O3/c1-4-8(2)10(11(15)16)13-9(14)6-5-7-12-3/h8,10,12H,4-7H2,1-3H3,(H,13,14)(H,15,16). The summed E-state index contributed by atoms with van der Waals surface area (Å²) in [5.41, 5.74) is 0. The molecule has 0 aromatic heterocycles. The molecular weight excluding hydrogens is 208 g/mol. The number of carboxylic acids is 1. The Morgan fingerprint density at radius 3 is 2.44 bits per heavy atom. The normalized spacial score (nSPS) is 14.2. The maximum absolute atomic E-state index is 11.5. The van der Waals surface area contributed by atoms with Crippen molar-refractivity contribution in [2.24, 2.45) is 5.92 Å². The van der Waals surface area contributed by atoms with E-state index in [0.29, 0.717) is 6.42 Å². The van der Waals surface area contributed by atoms with Gasteiger partial charge >= 0.3 is 5.97 Å². The van der Waals surface area contributed by atoms with Gasteiger partial charge in [-0.3, -0.25) is 4.79 Å². The number of nitrogens with one attached hydrogen (secondary N) is 2. The Bertz CT molecular complexity index is 231. The van der Waals surface area contributed by atoms with Gasteiger partial charge in [0.15, 0.2) is 0 Å². The molecule has 5 heteroatoms. The van der Waals surface area contributed by atoms with Crippen molar-refractivity contribution < 1.29 is 14.7 Å². The molecule has 0 saturated heterocycles. The molecule has 0 bridgehead atoms. The first kappa shape index (κ1) is 14.9. The third kappa shape index (κ3) is 5.70. The minimum Gasteiger partial charge on any atom is -0.480 e. The summed E-state index contributed by atoms with van der Waals surface area (Å²) in [5, 5.41) is 14.5. The van der Waals surface area contributed by atoms with E-state index in [2.05, 4.69) is 10.6 Å². The van der Waals surface area contributed by atoms with E-state index in [9.17, 15) is 9.59 Å². The Kier molecular flexibility index (Phi) is 7.54. The molecule has 0 aromatic rings. The van der Waals surface area contributed by atoms with Crippen molar-refractivity contribution in [3.63, 3.8) is 0 Å². The monoisotopic (exact) mass is 230 g/mol. The second-order valence-electron chi connectivity index (χ2n) is 3.98. The van der Waals surface area contributed by atoms with E-state index in [1.165, 1.54) is 0 Å². The number of rotatable bonds is 8. The Morgan fingerprint density at radius 2 is 2.00 bits per heavy atom. The lowest BCUT2D eigenvalue weighted by atomic mass is 9.99. The molecule has 0 aliphatic carbocycles. The second kappa shape index (κ2) is 8.10. The van der Waals surface area contributed by atoms with Crippen LogP contribution in [-0.4, -0.2) is 36.6 Å². The van der Waals surface area contributed by atoms with Crippen LogP contribution in [0.5, 0.6) is 0 Å². The van der Waals surface area contributed by atoms with Crippen molar-refractivity contribution in [3.8, 4) is 0 Å². The average Bonchev–Trinajstić information content (AvgIpc) is 2.25. The van der Waals surface area contributed by atoms with E-state index in [4.69, 9.17) is 5.11 Å². The van der Waals surface area contributed by atoms with Crippen molar-refractivity contribution in [2.45, 2.75) is 39.2 Å². The van der Waals surface area contributed by atoms with Gasteiger partial charge in [0, 0.05) is 6.42 Å². The second-order valence-corrected chi connectivity index (χ2v) is 3.98. The molecule has 0 aliphatic heterocycles. The molecule has 0 saturated carbocycles. The first-order valence-electron chi connectivity index (χ1n) is 5.69. The van der Waals surface area contributed by atoms with Crippen molar-refractivity contribution in [2.75, 3.05) is 13.6 Å². The van der Waals surface area contributed by atoms with Crippen molar-refractivity contribution in [3.05, 3.63) is 0 Å². The fraction of sp³-hybridized carbons (Fsp3) is 0.818. The van der Waals surface area contributed by atoms with Crippen LogP contribution in [-0.2, 0) is 9.59 Å². The summed E-state index contributed by atoms with van der Waals surface area (Å²) < 4.78 is 0. The van der Waals surface area contributed by atoms with Gasteiger partial charge in [0.25, 0.3) is 0 Å². The van der Waals surface area contributed by atoms with Gasteiger partial charge in [-0.15, -0.1) is 0 Å². The highest BCUT2D eigenvalue weighted by Crippen LogP contribution is 2.08. The predicted octanol–water partition coefficient (Wildman–Crippen LogP) is 0.602. The summed E-state index contributed by atoms with van der Waals surface area (Å²) in [4.78, 5) is 22.4. The first-order chi connectivity index (χ1) is 7.52. The summed E-state index contributed by atoms with van der Waals surface area (Å²) in [6.07, 6.45) is 1.81. The van der Waals surface area contributed by atoms with Crippen molar-refractivity contribution >= 4 is 11.9 Å². The number of hydrogen-bond acceptors (Lipinski definition) is 3. The maximum Gasteiger partial charge on any atom is 0.326 e.